The molecule has 0 saturated carbocycles. The maximum absolute atomic E-state index is 5.13. The molecule has 0 aromatic heterocycles. The first-order valence-electron chi connectivity index (χ1n) is 4.24. The van der Waals surface area contributed by atoms with E-state index < -0.39 is 0 Å². The standard InChI is InChI=1S/C10H18/c1-4-6-7-8-9-10(3)5-2/h1,10H,5-9H2,2-3H3/t10-/m1/s1. The van der Waals surface area contributed by atoms with E-state index in [0.29, 0.717) is 0 Å². The summed E-state index contributed by atoms with van der Waals surface area (Å²) in [6.45, 7) is 4.54. The molecule has 0 fully saturated rings. The zero-order valence-corrected chi connectivity index (χ0v) is 7.19. The Morgan fingerprint density at radius 1 is 1.40 bits per heavy atom. The normalized spacial score (nSPS) is 12.5. The maximum Gasteiger partial charge on any atom is 0.00860 e. The quantitative estimate of drug-likeness (QED) is 0.404. The largest absolute Gasteiger partial charge is 0.120 e. The predicted octanol–water partition coefficient (Wildman–Crippen LogP) is 3.23. The van der Waals surface area contributed by atoms with Crippen molar-refractivity contribution in [3.63, 3.8) is 0 Å². The highest BCUT2D eigenvalue weighted by molar-refractivity contribution is 4.82. The van der Waals surface area contributed by atoms with Crippen LogP contribution in [0, 0.1) is 18.3 Å². The van der Waals surface area contributed by atoms with Gasteiger partial charge in [-0.1, -0.05) is 33.1 Å². The lowest BCUT2D eigenvalue weighted by Crippen LogP contribution is -1.90. The molecule has 0 spiro atoms. The van der Waals surface area contributed by atoms with Crippen molar-refractivity contribution in [1.29, 1.82) is 0 Å². The summed E-state index contributed by atoms with van der Waals surface area (Å²) in [6.07, 6.45) is 11.2. The molecular weight excluding hydrogens is 120 g/mol. The first-order valence-corrected chi connectivity index (χ1v) is 4.24. The fourth-order valence-electron chi connectivity index (χ4n) is 0.924. The van der Waals surface area contributed by atoms with Gasteiger partial charge < -0.3 is 0 Å². The minimum absolute atomic E-state index is 0.887. The molecule has 0 radical (unpaired) electrons. The summed E-state index contributed by atoms with van der Waals surface area (Å²) >= 11 is 0. The van der Waals surface area contributed by atoms with Crippen LogP contribution in [0.3, 0.4) is 0 Å². The van der Waals surface area contributed by atoms with Crippen LogP contribution in [-0.2, 0) is 0 Å². The van der Waals surface area contributed by atoms with Crippen LogP contribution in [-0.4, -0.2) is 0 Å². The van der Waals surface area contributed by atoms with Crippen LogP contribution < -0.4 is 0 Å². The van der Waals surface area contributed by atoms with Gasteiger partial charge in [-0.2, -0.15) is 0 Å². The van der Waals surface area contributed by atoms with Gasteiger partial charge in [-0.05, 0) is 12.3 Å². The lowest BCUT2D eigenvalue weighted by Gasteiger charge is -2.05. The first-order chi connectivity index (χ1) is 4.81. The van der Waals surface area contributed by atoms with E-state index in [9.17, 15) is 0 Å². The van der Waals surface area contributed by atoms with Crippen molar-refractivity contribution in [3.8, 4) is 12.3 Å². The van der Waals surface area contributed by atoms with Crippen LogP contribution >= 0.6 is 0 Å². The highest BCUT2D eigenvalue weighted by Crippen LogP contribution is 2.11. The molecule has 0 bridgehead atoms. The van der Waals surface area contributed by atoms with Crippen molar-refractivity contribution in [2.45, 2.75) is 46.0 Å². The van der Waals surface area contributed by atoms with Crippen LogP contribution in [0.4, 0.5) is 0 Å². The second-order valence-corrected chi connectivity index (χ2v) is 2.96. The van der Waals surface area contributed by atoms with Gasteiger partial charge in [0, 0.05) is 6.42 Å². The zero-order valence-electron chi connectivity index (χ0n) is 7.19. The van der Waals surface area contributed by atoms with E-state index in [1.165, 1.54) is 25.7 Å². The van der Waals surface area contributed by atoms with E-state index in [0.717, 1.165) is 12.3 Å². The molecule has 0 rings (SSSR count). The van der Waals surface area contributed by atoms with Gasteiger partial charge in [-0.3, -0.25) is 0 Å². The van der Waals surface area contributed by atoms with Crippen molar-refractivity contribution in [3.05, 3.63) is 0 Å². The fourth-order valence-corrected chi connectivity index (χ4v) is 0.924. The summed E-state index contributed by atoms with van der Waals surface area (Å²) in [5, 5.41) is 0. The molecule has 0 aliphatic carbocycles. The van der Waals surface area contributed by atoms with E-state index in [2.05, 4.69) is 19.8 Å². The Kier molecular flexibility index (Phi) is 6.38. The molecule has 0 saturated heterocycles. The van der Waals surface area contributed by atoms with Gasteiger partial charge in [-0.25, -0.2) is 0 Å². The van der Waals surface area contributed by atoms with Gasteiger partial charge in [0.1, 0.15) is 0 Å². The van der Waals surface area contributed by atoms with Crippen molar-refractivity contribution < 1.29 is 0 Å². The van der Waals surface area contributed by atoms with Gasteiger partial charge in [0.2, 0.25) is 0 Å². The van der Waals surface area contributed by atoms with E-state index in [-0.39, 0.29) is 0 Å². The Morgan fingerprint density at radius 2 is 2.10 bits per heavy atom. The Hall–Kier alpha value is -0.440. The molecule has 0 aliphatic heterocycles. The topological polar surface area (TPSA) is 0 Å². The van der Waals surface area contributed by atoms with Crippen LogP contribution in [0.1, 0.15) is 46.0 Å². The fraction of sp³-hybridized carbons (Fsp3) is 0.800. The molecule has 0 aromatic rings. The minimum atomic E-state index is 0.887. The van der Waals surface area contributed by atoms with Crippen LogP contribution in [0.15, 0.2) is 0 Å². The maximum atomic E-state index is 5.13. The second-order valence-electron chi connectivity index (χ2n) is 2.96. The Morgan fingerprint density at radius 3 is 2.60 bits per heavy atom. The van der Waals surface area contributed by atoms with Crippen LogP contribution in [0.2, 0.25) is 0 Å². The average molecular weight is 138 g/mol. The van der Waals surface area contributed by atoms with E-state index in [1.807, 2.05) is 0 Å². The molecule has 0 N–H and O–H groups in total. The van der Waals surface area contributed by atoms with Gasteiger partial charge in [0.15, 0.2) is 0 Å². The monoisotopic (exact) mass is 138 g/mol. The molecule has 0 unspecified atom stereocenters. The predicted molar refractivity (Wildman–Crippen MR) is 46.8 cm³/mol. The molecule has 0 heteroatoms. The Bertz CT molecular complexity index is 97.1. The van der Waals surface area contributed by atoms with Crippen molar-refractivity contribution in [1.82, 2.24) is 0 Å². The molecule has 0 nitrogen and oxygen atoms in total. The SMILES string of the molecule is C#CCCCC[C@H](C)CC. The number of unbranched alkanes of at least 4 members (excludes halogenated alkanes) is 2. The molecule has 0 heterocycles. The summed E-state index contributed by atoms with van der Waals surface area (Å²) < 4.78 is 0. The molecular formula is C10H18. The van der Waals surface area contributed by atoms with Crippen molar-refractivity contribution in [2.75, 3.05) is 0 Å². The average Bonchev–Trinajstić information content (AvgIpc) is 1.98. The minimum Gasteiger partial charge on any atom is -0.120 e. The summed E-state index contributed by atoms with van der Waals surface area (Å²) in [6, 6.07) is 0. The second kappa shape index (κ2) is 6.68. The van der Waals surface area contributed by atoms with Crippen LogP contribution in [0.5, 0.6) is 0 Å². The van der Waals surface area contributed by atoms with Gasteiger partial charge in [0.25, 0.3) is 0 Å². The number of hydrogen-bond acceptors (Lipinski definition) is 0. The summed E-state index contributed by atoms with van der Waals surface area (Å²) in [5.41, 5.74) is 0. The molecule has 0 amide bonds. The van der Waals surface area contributed by atoms with E-state index in [1.54, 1.807) is 0 Å². The van der Waals surface area contributed by atoms with E-state index in [4.69, 9.17) is 6.42 Å². The van der Waals surface area contributed by atoms with Gasteiger partial charge in [0.05, 0.1) is 0 Å². The third-order valence-corrected chi connectivity index (χ3v) is 1.96. The zero-order chi connectivity index (χ0) is 7.82. The molecule has 0 aromatic carbocycles. The highest BCUT2D eigenvalue weighted by Gasteiger charge is 1.96. The highest BCUT2D eigenvalue weighted by atomic mass is 14.0. The van der Waals surface area contributed by atoms with E-state index >= 15 is 0 Å². The third kappa shape index (κ3) is 5.69. The van der Waals surface area contributed by atoms with Crippen molar-refractivity contribution in [2.24, 2.45) is 5.92 Å². The lowest BCUT2D eigenvalue weighted by molar-refractivity contribution is 0.487. The van der Waals surface area contributed by atoms with Crippen LogP contribution in [0.25, 0.3) is 0 Å². The smallest absolute Gasteiger partial charge is 0.00860 e. The van der Waals surface area contributed by atoms with Crippen molar-refractivity contribution >= 4 is 0 Å². The summed E-state index contributed by atoms with van der Waals surface area (Å²) in [5.74, 6) is 3.55. The first kappa shape index (κ1) is 9.56. The number of terminal acetylenes is 1. The Labute approximate surface area is 65.0 Å². The lowest BCUT2D eigenvalue weighted by atomic mass is 10.0. The molecule has 10 heavy (non-hydrogen) atoms. The third-order valence-electron chi connectivity index (χ3n) is 1.96. The van der Waals surface area contributed by atoms with Gasteiger partial charge >= 0.3 is 0 Å². The molecule has 58 valence electrons. The molecule has 1 atom stereocenters. The summed E-state index contributed by atoms with van der Waals surface area (Å²) in [7, 11) is 0. The summed E-state index contributed by atoms with van der Waals surface area (Å²) in [4.78, 5) is 0. The van der Waals surface area contributed by atoms with Gasteiger partial charge in [-0.15, -0.1) is 12.3 Å². The molecule has 0 aliphatic rings. The number of hydrogen-bond donors (Lipinski definition) is 0. The Balaban J connectivity index is 2.98. The number of rotatable bonds is 5.